The third kappa shape index (κ3) is 4.54. The van der Waals surface area contributed by atoms with Crippen LogP contribution in [-0.2, 0) is 0 Å². The van der Waals surface area contributed by atoms with E-state index in [1.807, 2.05) is 25.1 Å². The molecule has 1 saturated heterocycles. The monoisotopic (exact) mass is 432 g/mol. The van der Waals surface area contributed by atoms with Crippen molar-refractivity contribution in [2.75, 3.05) is 29.0 Å². The highest BCUT2D eigenvalue weighted by molar-refractivity contribution is 5.78. The van der Waals surface area contributed by atoms with Crippen LogP contribution in [0.3, 0.4) is 0 Å². The van der Waals surface area contributed by atoms with Gasteiger partial charge >= 0.3 is 5.76 Å². The van der Waals surface area contributed by atoms with Crippen LogP contribution in [0.4, 0.5) is 29.0 Å². The highest BCUT2D eigenvalue weighted by atomic mass is 16.4. The van der Waals surface area contributed by atoms with Gasteiger partial charge in [0.05, 0.1) is 17.4 Å². The van der Waals surface area contributed by atoms with Crippen LogP contribution in [0.1, 0.15) is 18.4 Å². The molecule has 1 aliphatic heterocycles. The molecule has 1 unspecified atom stereocenters. The molecule has 32 heavy (non-hydrogen) atoms. The second-order valence-corrected chi connectivity index (χ2v) is 7.82. The maximum absolute atomic E-state index is 11.4. The van der Waals surface area contributed by atoms with E-state index in [2.05, 4.69) is 41.2 Å². The molecule has 4 heterocycles. The summed E-state index contributed by atoms with van der Waals surface area (Å²) in [7, 11) is 0. The fourth-order valence-corrected chi connectivity index (χ4v) is 3.66. The van der Waals surface area contributed by atoms with Crippen LogP contribution in [0.25, 0.3) is 11.1 Å². The van der Waals surface area contributed by atoms with Gasteiger partial charge in [-0.1, -0.05) is 0 Å². The summed E-state index contributed by atoms with van der Waals surface area (Å²) in [6.07, 6.45) is 5.82. The second-order valence-electron chi connectivity index (χ2n) is 7.82. The van der Waals surface area contributed by atoms with Crippen molar-refractivity contribution in [1.29, 1.82) is 0 Å². The molecule has 1 fully saturated rings. The predicted octanol–water partition coefficient (Wildman–Crippen LogP) is 3.27. The van der Waals surface area contributed by atoms with Gasteiger partial charge in [-0.15, -0.1) is 0 Å². The lowest BCUT2D eigenvalue weighted by molar-refractivity contribution is 0.479. The molecule has 5 rings (SSSR count). The van der Waals surface area contributed by atoms with E-state index in [-0.39, 0.29) is 0 Å². The first kappa shape index (κ1) is 20.0. The first-order valence-electron chi connectivity index (χ1n) is 10.6. The summed E-state index contributed by atoms with van der Waals surface area (Å²) in [4.78, 5) is 27.5. The Bertz CT molecular complexity index is 1280. The fourth-order valence-electron chi connectivity index (χ4n) is 3.66. The molecule has 10 nitrogen and oxygen atoms in total. The van der Waals surface area contributed by atoms with Crippen LogP contribution in [0.5, 0.6) is 0 Å². The lowest BCUT2D eigenvalue weighted by Gasteiger charge is -2.24. The van der Waals surface area contributed by atoms with Crippen molar-refractivity contribution in [1.82, 2.24) is 25.3 Å². The molecule has 164 valence electrons. The van der Waals surface area contributed by atoms with E-state index in [9.17, 15) is 4.79 Å². The number of hydrogen-bond donors (Lipinski definition) is 5. The Hall–Kier alpha value is -3.92. The molecule has 0 saturated carbocycles. The van der Waals surface area contributed by atoms with Gasteiger partial charge in [-0.05, 0) is 56.6 Å². The summed E-state index contributed by atoms with van der Waals surface area (Å²) in [5.74, 6) is 1.48. The zero-order chi connectivity index (χ0) is 21.9. The number of benzene rings is 1. The number of anilines is 5. The zero-order valence-corrected chi connectivity index (χ0v) is 17.6. The SMILES string of the molecule is Cc1cnc(Nc2ccc(NC3CCCNC3)nc2)nc1Nc1ccc2oc(=O)[nH]c2c1. The topological polar surface area (TPSA) is 133 Å². The summed E-state index contributed by atoms with van der Waals surface area (Å²) in [5, 5.41) is 13.3. The summed E-state index contributed by atoms with van der Waals surface area (Å²) in [6, 6.07) is 9.66. The van der Waals surface area contributed by atoms with Crippen molar-refractivity contribution in [2.45, 2.75) is 25.8 Å². The van der Waals surface area contributed by atoms with Gasteiger partial charge in [-0.3, -0.25) is 4.98 Å². The quantitative estimate of drug-likeness (QED) is 0.311. The highest BCUT2D eigenvalue weighted by Gasteiger charge is 2.13. The molecular formula is C22H24N8O2. The van der Waals surface area contributed by atoms with E-state index < -0.39 is 5.76 Å². The van der Waals surface area contributed by atoms with Crippen LogP contribution in [0, 0.1) is 6.92 Å². The Kier molecular flexibility index (Phi) is 5.42. The van der Waals surface area contributed by atoms with Crippen LogP contribution in [0.2, 0.25) is 0 Å². The van der Waals surface area contributed by atoms with E-state index in [1.54, 1.807) is 24.5 Å². The number of fused-ring (bicyclic) bond motifs is 1. The van der Waals surface area contributed by atoms with Gasteiger partial charge in [-0.2, -0.15) is 4.98 Å². The van der Waals surface area contributed by atoms with Crippen molar-refractivity contribution in [2.24, 2.45) is 0 Å². The van der Waals surface area contributed by atoms with Crippen molar-refractivity contribution in [3.8, 4) is 0 Å². The smallest absolute Gasteiger partial charge is 0.408 e. The fraction of sp³-hybridized carbons (Fsp3) is 0.273. The third-order valence-corrected chi connectivity index (χ3v) is 5.32. The lowest BCUT2D eigenvalue weighted by Crippen LogP contribution is -2.38. The molecule has 1 aromatic carbocycles. The number of aryl methyl sites for hydroxylation is 1. The van der Waals surface area contributed by atoms with Gasteiger partial charge < -0.3 is 25.7 Å². The Balaban J connectivity index is 1.28. The average molecular weight is 432 g/mol. The van der Waals surface area contributed by atoms with Gasteiger partial charge in [0.1, 0.15) is 11.6 Å². The molecule has 1 atom stereocenters. The van der Waals surface area contributed by atoms with E-state index >= 15 is 0 Å². The van der Waals surface area contributed by atoms with Crippen LogP contribution in [-0.4, -0.2) is 39.1 Å². The normalized spacial score (nSPS) is 16.1. The number of rotatable bonds is 6. The maximum atomic E-state index is 11.4. The molecule has 0 amide bonds. The van der Waals surface area contributed by atoms with E-state index in [0.717, 1.165) is 42.3 Å². The number of nitrogens with one attached hydrogen (secondary N) is 5. The minimum Gasteiger partial charge on any atom is -0.408 e. The van der Waals surface area contributed by atoms with Crippen molar-refractivity contribution >= 4 is 40.1 Å². The minimum atomic E-state index is -0.480. The standard InChI is InChI=1S/C22H24N8O2/c1-13-10-25-21(28-16-5-7-19(24-12-16)26-15-3-2-8-23-11-15)30-20(13)27-14-4-6-18-17(9-14)29-22(31)32-18/h4-7,9-10,12,15,23H,2-3,8,11H2,1H3,(H,24,26)(H,29,31)(H2,25,27,28,30). The number of pyridine rings is 1. The maximum Gasteiger partial charge on any atom is 0.417 e. The van der Waals surface area contributed by atoms with Gasteiger partial charge in [0.15, 0.2) is 5.58 Å². The number of oxazole rings is 1. The van der Waals surface area contributed by atoms with E-state index in [0.29, 0.717) is 28.9 Å². The second kappa shape index (κ2) is 8.67. The number of nitrogens with zero attached hydrogens (tertiary/aromatic N) is 3. The van der Waals surface area contributed by atoms with E-state index in [1.165, 1.54) is 6.42 Å². The number of hydrogen-bond acceptors (Lipinski definition) is 9. The van der Waals surface area contributed by atoms with Crippen LogP contribution in [0.15, 0.2) is 51.9 Å². The Morgan fingerprint density at radius 3 is 2.81 bits per heavy atom. The summed E-state index contributed by atoms with van der Waals surface area (Å²) >= 11 is 0. The van der Waals surface area contributed by atoms with Crippen molar-refractivity contribution < 1.29 is 4.42 Å². The number of H-pyrrole nitrogens is 1. The Labute approximate surface area is 183 Å². The first-order chi connectivity index (χ1) is 15.6. The predicted molar refractivity (Wildman–Crippen MR) is 124 cm³/mol. The Morgan fingerprint density at radius 2 is 2.00 bits per heavy atom. The lowest BCUT2D eigenvalue weighted by atomic mass is 10.1. The minimum absolute atomic E-state index is 0.406. The average Bonchev–Trinajstić information content (AvgIpc) is 3.17. The van der Waals surface area contributed by atoms with Crippen molar-refractivity contribution in [3.05, 3.63) is 58.8 Å². The third-order valence-electron chi connectivity index (χ3n) is 5.32. The molecule has 10 heteroatoms. The summed E-state index contributed by atoms with van der Waals surface area (Å²) < 4.78 is 5.05. The highest BCUT2D eigenvalue weighted by Crippen LogP contribution is 2.23. The number of aromatic amines is 1. The molecule has 5 N–H and O–H groups in total. The van der Waals surface area contributed by atoms with E-state index in [4.69, 9.17) is 4.42 Å². The molecule has 3 aromatic heterocycles. The van der Waals surface area contributed by atoms with Gasteiger partial charge in [-0.25, -0.2) is 14.8 Å². The van der Waals surface area contributed by atoms with Gasteiger partial charge in [0.25, 0.3) is 0 Å². The number of aromatic nitrogens is 4. The Morgan fingerprint density at radius 1 is 1.09 bits per heavy atom. The van der Waals surface area contributed by atoms with Crippen molar-refractivity contribution in [3.63, 3.8) is 0 Å². The zero-order valence-electron chi connectivity index (χ0n) is 17.6. The molecule has 1 aliphatic rings. The molecule has 0 spiro atoms. The largest absolute Gasteiger partial charge is 0.417 e. The van der Waals surface area contributed by atoms with Gasteiger partial charge in [0, 0.05) is 30.0 Å². The molecule has 0 radical (unpaired) electrons. The first-order valence-corrected chi connectivity index (χ1v) is 10.6. The molecular weight excluding hydrogens is 408 g/mol. The summed E-state index contributed by atoms with van der Waals surface area (Å²) in [5.41, 5.74) is 3.58. The molecule has 0 bridgehead atoms. The molecule has 4 aromatic rings. The summed E-state index contributed by atoms with van der Waals surface area (Å²) in [6.45, 7) is 3.96. The van der Waals surface area contributed by atoms with Crippen LogP contribution >= 0.6 is 0 Å². The van der Waals surface area contributed by atoms with Crippen LogP contribution < -0.4 is 27.0 Å². The number of piperidine rings is 1. The molecule has 0 aliphatic carbocycles. The van der Waals surface area contributed by atoms with Gasteiger partial charge in [0.2, 0.25) is 5.95 Å².